The Morgan fingerprint density at radius 1 is 1.05 bits per heavy atom. The van der Waals surface area contributed by atoms with Crippen LogP contribution in [0.5, 0.6) is 0 Å². The summed E-state index contributed by atoms with van der Waals surface area (Å²) < 4.78 is 40.5. The minimum absolute atomic E-state index is 0.0987. The molecule has 2 aromatic rings. The average molecular weight is 345 g/mol. The van der Waals surface area contributed by atoms with Crippen molar-refractivity contribution in [2.75, 3.05) is 11.1 Å². The standard InChI is InChI=1S/C13H8BrF3N2O/c14-7-4-9(16)12(10(17)5-7)19-13(20)6-1-2-11(18)8(15)3-6/h1-5H,18H2,(H,19,20). The van der Waals surface area contributed by atoms with Gasteiger partial charge in [-0.1, -0.05) is 15.9 Å². The normalized spacial score (nSPS) is 10.4. The predicted octanol–water partition coefficient (Wildman–Crippen LogP) is 3.70. The molecule has 104 valence electrons. The van der Waals surface area contributed by atoms with E-state index in [0.29, 0.717) is 0 Å². The molecule has 0 aromatic heterocycles. The molecule has 2 rings (SSSR count). The van der Waals surface area contributed by atoms with Gasteiger partial charge in [0, 0.05) is 10.0 Å². The van der Waals surface area contributed by atoms with Gasteiger partial charge < -0.3 is 11.1 Å². The molecule has 0 unspecified atom stereocenters. The van der Waals surface area contributed by atoms with E-state index in [1.807, 2.05) is 0 Å². The summed E-state index contributed by atoms with van der Waals surface area (Å²) in [4.78, 5) is 11.8. The third-order valence-corrected chi connectivity index (χ3v) is 2.97. The average Bonchev–Trinajstić information content (AvgIpc) is 2.36. The van der Waals surface area contributed by atoms with Crippen molar-refractivity contribution in [2.45, 2.75) is 0 Å². The minimum Gasteiger partial charge on any atom is -0.396 e. The van der Waals surface area contributed by atoms with Crippen LogP contribution in [0, 0.1) is 17.5 Å². The number of amides is 1. The molecular formula is C13H8BrF3N2O. The van der Waals surface area contributed by atoms with Gasteiger partial charge in [-0.25, -0.2) is 13.2 Å². The molecule has 0 radical (unpaired) electrons. The highest BCUT2D eigenvalue weighted by atomic mass is 79.9. The van der Waals surface area contributed by atoms with Crippen molar-refractivity contribution in [3.8, 4) is 0 Å². The third-order valence-electron chi connectivity index (χ3n) is 2.51. The molecule has 3 nitrogen and oxygen atoms in total. The first kappa shape index (κ1) is 14.4. The second-order valence-electron chi connectivity index (χ2n) is 3.93. The van der Waals surface area contributed by atoms with Crippen molar-refractivity contribution in [2.24, 2.45) is 0 Å². The van der Waals surface area contributed by atoms with Crippen LogP contribution in [0.25, 0.3) is 0 Å². The van der Waals surface area contributed by atoms with Crippen molar-refractivity contribution in [3.05, 3.63) is 57.8 Å². The van der Waals surface area contributed by atoms with E-state index in [4.69, 9.17) is 5.73 Å². The van der Waals surface area contributed by atoms with Gasteiger partial charge in [-0.3, -0.25) is 4.79 Å². The lowest BCUT2D eigenvalue weighted by Gasteiger charge is -2.08. The number of carbonyl (C=O) groups excluding carboxylic acids is 1. The largest absolute Gasteiger partial charge is 0.396 e. The monoisotopic (exact) mass is 344 g/mol. The number of carbonyl (C=O) groups is 1. The van der Waals surface area contributed by atoms with Crippen LogP contribution in [0.2, 0.25) is 0 Å². The Hall–Kier alpha value is -2.02. The van der Waals surface area contributed by atoms with E-state index < -0.39 is 29.0 Å². The lowest BCUT2D eigenvalue weighted by molar-refractivity contribution is 0.102. The molecule has 0 spiro atoms. The van der Waals surface area contributed by atoms with E-state index in [9.17, 15) is 18.0 Å². The first-order chi connectivity index (χ1) is 9.38. The molecule has 0 heterocycles. The summed E-state index contributed by atoms with van der Waals surface area (Å²) in [5.74, 6) is -3.51. The van der Waals surface area contributed by atoms with Gasteiger partial charge in [0.2, 0.25) is 0 Å². The molecule has 0 aliphatic rings. The van der Waals surface area contributed by atoms with Crippen LogP contribution in [0.15, 0.2) is 34.8 Å². The second-order valence-corrected chi connectivity index (χ2v) is 4.85. The number of nitrogens with one attached hydrogen (secondary N) is 1. The summed E-state index contributed by atoms with van der Waals surface area (Å²) in [6, 6.07) is 5.34. The van der Waals surface area contributed by atoms with Crippen molar-refractivity contribution in [1.29, 1.82) is 0 Å². The summed E-state index contributed by atoms with van der Waals surface area (Å²) in [5.41, 5.74) is 4.45. The fourth-order valence-electron chi connectivity index (χ4n) is 1.52. The molecule has 0 saturated carbocycles. The van der Waals surface area contributed by atoms with Gasteiger partial charge in [0.1, 0.15) is 11.5 Å². The molecule has 0 aliphatic heterocycles. The summed E-state index contributed by atoms with van der Waals surface area (Å²) in [7, 11) is 0. The third kappa shape index (κ3) is 2.93. The molecule has 3 N–H and O–H groups in total. The predicted molar refractivity (Wildman–Crippen MR) is 72.8 cm³/mol. The number of anilines is 2. The molecule has 7 heteroatoms. The Balaban J connectivity index is 2.30. The number of hydrogen-bond donors (Lipinski definition) is 2. The molecule has 1 amide bonds. The van der Waals surface area contributed by atoms with Gasteiger partial charge in [0.25, 0.3) is 5.91 Å². The zero-order valence-electron chi connectivity index (χ0n) is 9.88. The lowest BCUT2D eigenvalue weighted by Crippen LogP contribution is -2.15. The summed E-state index contributed by atoms with van der Waals surface area (Å²) in [6.07, 6.45) is 0. The molecule has 0 fully saturated rings. The van der Waals surface area contributed by atoms with Gasteiger partial charge >= 0.3 is 0 Å². The van der Waals surface area contributed by atoms with Crippen LogP contribution >= 0.6 is 15.9 Å². The van der Waals surface area contributed by atoms with E-state index in [2.05, 4.69) is 21.2 Å². The number of rotatable bonds is 2. The maximum atomic E-state index is 13.6. The molecule has 20 heavy (non-hydrogen) atoms. The quantitative estimate of drug-likeness (QED) is 0.816. The Bertz CT molecular complexity index is 668. The number of nitrogen functional groups attached to an aromatic ring is 1. The lowest BCUT2D eigenvalue weighted by atomic mass is 10.1. The van der Waals surface area contributed by atoms with Crippen molar-refractivity contribution in [1.82, 2.24) is 0 Å². The van der Waals surface area contributed by atoms with Crippen molar-refractivity contribution < 1.29 is 18.0 Å². The van der Waals surface area contributed by atoms with Crippen molar-refractivity contribution >= 4 is 33.2 Å². The van der Waals surface area contributed by atoms with E-state index in [-0.39, 0.29) is 15.7 Å². The summed E-state index contributed by atoms with van der Waals surface area (Å²) >= 11 is 2.92. The van der Waals surface area contributed by atoms with Gasteiger partial charge in [-0.2, -0.15) is 0 Å². The fraction of sp³-hybridized carbons (Fsp3) is 0. The Kier molecular flexibility index (Phi) is 3.99. The van der Waals surface area contributed by atoms with Gasteiger partial charge in [0.05, 0.1) is 5.69 Å². The Labute approximate surface area is 120 Å². The van der Waals surface area contributed by atoms with Crippen LogP contribution in [0.1, 0.15) is 10.4 Å². The molecule has 0 saturated heterocycles. The molecule has 0 aliphatic carbocycles. The second kappa shape index (κ2) is 5.54. The van der Waals surface area contributed by atoms with Crippen LogP contribution in [-0.2, 0) is 0 Å². The Morgan fingerprint density at radius 3 is 2.20 bits per heavy atom. The fourth-order valence-corrected chi connectivity index (χ4v) is 1.92. The van der Waals surface area contributed by atoms with E-state index >= 15 is 0 Å². The number of halogens is 4. The zero-order chi connectivity index (χ0) is 14.9. The first-order valence-corrected chi connectivity index (χ1v) is 6.18. The van der Waals surface area contributed by atoms with Crippen LogP contribution < -0.4 is 11.1 Å². The molecular weight excluding hydrogens is 337 g/mol. The maximum absolute atomic E-state index is 13.6. The first-order valence-electron chi connectivity index (χ1n) is 5.39. The summed E-state index contributed by atoms with van der Waals surface area (Å²) in [5, 5.41) is 2.05. The highest BCUT2D eigenvalue weighted by Crippen LogP contribution is 2.24. The minimum atomic E-state index is -0.943. The van der Waals surface area contributed by atoms with E-state index in [0.717, 1.165) is 18.2 Å². The van der Waals surface area contributed by atoms with Gasteiger partial charge in [-0.05, 0) is 30.3 Å². The van der Waals surface area contributed by atoms with Gasteiger partial charge in [0.15, 0.2) is 11.6 Å². The highest BCUT2D eigenvalue weighted by Gasteiger charge is 2.15. The van der Waals surface area contributed by atoms with Crippen molar-refractivity contribution in [3.63, 3.8) is 0 Å². The summed E-state index contributed by atoms with van der Waals surface area (Å²) in [6.45, 7) is 0. The van der Waals surface area contributed by atoms with Crippen LogP contribution in [-0.4, -0.2) is 5.91 Å². The van der Waals surface area contributed by atoms with Gasteiger partial charge in [-0.15, -0.1) is 0 Å². The zero-order valence-corrected chi connectivity index (χ0v) is 11.5. The number of hydrogen-bond acceptors (Lipinski definition) is 2. The van der Waals surface area contributed by atoms with E-state index in [1.165, 1.54) is 12.1 Å². The smallest absolute Gasteiger partial charge is 0.255 e. The number of nitrogens with two attached hydrogens (primary N) is 1. The van der Waals surface area contributed by atoms with Crippen LogP contribution in [0.3, 0.4) is 0 Å². The Morgan fingerprint density at radius 2 is 1.65 bits per heavy atom. The molecule has 0 atom stereocenters. The maximum Gasteiger partial charge on any atom is 0.255 e. The molecule has 2 aromatic carbocycles. The SMILES string of the molecule is Nc1ccc(C(=O)Nc2c(F)cc(Br)cc2F)cc1F. The molecule has 0 bridgehead atoms. The number of benzene rings is 2. The topological polar surface area (TPSA) is 55.1 Å². The van der Waals surface area contributed by atoms with Crippen LogP contribution in [0.4, 0.5) is 24.5 Å². The van der Waals surface area contributed by atoms with E-state index in [1.54, 1.807) is 0 Å². The highest BCUT2D eigenvalue weighted by molar-refractivity contribution is 9.10.